The van der Waals surface area contributed by atoms with Gasteiger partial charge in [0, 0.05) is 32.0 Å². The second kappa shape index (κ2) is 7.27. The molecule has 110 valence electrons. The Morgan fingerprint density at radius 3 is 2.90 bits per heavy atom. The van der Waals surface area contributed by atoms with Crippen molar-refractivity contribution in [2.45, 2.75) is 39.0 Å². The van der Waals surface area contributed by atoms with Gasteiger partial charge in [-0.3, -0.25) is 9.78 Å². The van der Waals surface area contributed by atoms with Gasteiger partial charge in [0.15, 0.2) is 0 Å². The van der Waals surface area contributed by atoms with E-state index >= 15 is 0 Å². The van der Waals surface area contributed by atoms with Crippen LogP contribution in [0.3, 0.4) is 0 Å². The van der Waals surface area contributed by atoms with Crippen LogP contribution in [0, 0.1) is 5.92 Å². The minimum absolute atomic E-state index is 0.0250. The Bertz CT molecular complexity index is 441. The molecule has 1 N–H and O–H groups in total. The highest BCUT2D eigenvalue weighted by atomic mass is 16.2. The molecule has 0 bridgehead atoms. The quantitative estimate of drug-likeness (QED) is 0.867. The maximum absolute atomic E-state index is 12.4. The Kier molecular flexibility index (Phi) is 5.39. The predicted octanol–water partition coefficient (Wildman–Crippen LogP) is 3.17. The third-order valence-corrected chi connectivity index (χ3v) is 3.91. The molecule has 1 aliphatic rings. The second-order valence-electron chi connectivity index (χ2n) is 5.69. The molecular weight excluding hydrogens is 250 g/mol. The van der Waals surface area contributed by atoms with E-state index in [2.05, 4.69) is 17.2 Å². The molecule has 2 rings (SSSR count). The van der Waals surface area contributed by atoms with E-state index in [0.717, 1.165) is 25.2 Å². The van der Waals surface area contributed by atoms with Gasteiger partial charge in [-0.1, -0.05) is 19.8 Å². The SMILES string of the molecule is CCCNc1ccnc(C(=O)N(C)CC2CCCC2)c1. The fourth-order valence-electron chi connectivity index (χ4n) is 2.79. The fraction of sp³-hybridized carbons (Fsp3) is 0.625. The lowest BCUT2D eigenvalue weighted by Crippen LogP contribution is -2.31. The smallest absolute Gasteiger partial charge is 0.272 e. The van der Waals surface area contributed by atoms with Gasteiger partial charge in [0.25, 0.3) is 5.91 Å². The lowest BCUT2D eigenvalue weighted by Gasteiger charge is -2.21. The number of aromatic nitrogens is 1. The molecule has 20 heavy (non-hydrogen) atoms. The minimum atomic E-state index is 0.0250. The van der Waals surface area contributed by atoms with Gasteiger partial charge in [0.2, 0.25) is 0 Å². The summed E-state index contributed by atoms with van der Waals surface area (Å²) >= 11 is 0. The van der Waals surface area contributed by atoms with Crippen molar-refractivity contribution in [1.29, 1.82) is 0 Å². The third kappa shape index (κ3) is 3.95. The van der Waals surface area contributed by atoms with Crippen LogP contribution in [-0.4, -0.2) is 35.9 Å². The van der Waals surface area contributed by atoms with Gasteiger partial charge in [0.05, 0.1) is 0 Å². The molecule has 1 aromatic rings. The van der Waals surface area contributed by atoms with Gasteiger partial charge < -0.3 is 10.2 Å². The molecule has 0 atom stereocenters. The van der Waals surface area contributed by atoms with Gasteiger partial charge in [-0.2, -0.15) is 0 Å². The van der Waals surface area contributed by atoms with Crippen LogP contribution >= 0.6 is 0 Å². The van der Waals surface area contributed by atoms with E-state index in [1.54, 1.807) is 6.20 Å². The van der Waals surface area contributed by atoms with E-state index < -0.39 is 0 Å². The lowest BCUT2D eigenvalue weighted by atomic mass is 10.1. The van der Waals surface area contributed by atoms with Crippen molar-refractivity contribution in [1.82, 2.24) is 9.88 Å². The van der Waals surface area contributed by atoms with Crippen molar-refractivity contribution in [2.75, 3.05) is 25.5 Å². The number of pyridine rings is 1. The topological polar surface area (TPSA) is 45.2 Å². The maximum atomic E-state index is 12.4. The highest BCUT2D eigenvalue weighted by Gasteiger charge is 2.20. The van der Waals surface area contributed by atoms with E-state index in [1.165, 1.54) is 25.7 Å². The molecule has 4 heteroatoms. The van der Waals surface area contributed by atoms with E-state index in [4.69, 9.17) is 0 Å². The van der Waals surface area contributed by atoms with E-state index in [1.807, 2.05) is 24.1 Å². The van der Waals surface area contributed by atoms with E-state index in [0.29, 0.717) is 11.6 Å². The summed E-state index contributed by atoms with van der Waals surface area (Å²) < 4.78 is 0. The van der Waals surface area contributed by atoms with Crippen molar-refractivity contribution in [3.8, 4) is 0 Å². The first kappa shape index (κ1) is 14.8. The Morgan fingerprint density at radius 1 is 1.45 bits per heavy atom. The molecule has 1 saturated carbocycles. The second-order valence-corrected chi connectivity index (χ2v) is 5.69. The monoisotopic (exact) mass is 275 g/mol. The van der Waals surface area contributed by atoms with Crippen LogP contribution in [0.2, 0.25) is 0 Å². The molecule has 0 aliphatic heterocycles. The van der Waals surface area contributed by atoms with Crippen LogP contribution in [0.5, 0.6) is 0 Å². The molecule has 0 aromatic carbocycles. The number of nitrogens with one attached hydrogen (secondary N) is 1. The zero-order valence-corrected chi connectivity index (χ0v) is 12.6. The summed E-state index contributed by atoms with van der Waals surface area (Å²) in [5.41, 5.74) is 1.51. The maximum Gasteiger partial charge on any atom is 0.272 e. The Hall–Kier alpha value is -1.58. The zero-order valence-electron chi connectivity index (χ0n) is 12.6. The molecule has 1 amide bonds. The van der Waals surface area contributed by atoms with Crippen molar-refractivity contribution in [2.24, 2.45) is 5.92 Å². The van der Waals surface area contributed by atoms with Crippen molar-refractivity contribution >= 4 is 11.6 Å². The predicted molar refractivity (Wildman–Crippen MR) is 81.9 cm³/mol. The highest BCUT2D eigenvalue weighted by molar-refractivity contribution is 5.92. The van der Waals surface area contributed by atoms with E-state index in [9.17, 15) is 4.79 Å². The number of anilines is 1. The third-order valence-electron chi connectivity index (χ3n) is 3.91. The number of rotatable bonds is 6. The van der Waals surface area contributed by atoms with Crippen LogP contribution in [0.15, 0.2) is 18.3 Å². The first-order valence-corrected chi connectivity index (χ1v) is 7.66. The van der Waals surface area contributed by atoms with Crippen LogP contribution in [0.25, 0.3) is 0 Å². The lowest BCUT2D eigenvalue weighted by molar-refractivity contribution is 0.0767. The molecule has 0 saturated heterocycles. The minimum Gasteiger partial charge on any atom is -0.385 e. The Balaban J connectivity index is 1.96. The summed E-state index contributed by atoms with van der Waals surface area (Å²) in [5.74, 6) is 0.697. The van der Waals surface area contributed by atoms with Crippen LogP contribution in [0.4, 0.5) is 5.69 Å². The molecule has 0 radical (unpaired) electrons. The number of carbonyl (C=O) groups is 1. The number of carbonyl (C=O) groups excluding carboxylic acids is 1. The van der Waals surface area contributed by atoms with Gasteiger partial charge in [-0.05, 0) is 37.3 Å². The summed E-state index contributed by atoms with van der Waals surface area (Å²) in [4.78, 5) is 18.4. The molecular formula is C16H25N3O. The molecule has 1 heterocycles. The summed E-state index contributed by atoms with van der Waals surface area (Å²) in [7, 11) is 1.88. The zero-order chi connectivity index (χ0) is 14.4. The number of hydrogen-bond donors (Lipinski definition) is 1. The normalized spacial score (nSPS) is 15.3. The molecule has 0 spiro atoms. The molecule has 0 unspecified atom stereocenters. The Morgan fingerprint density at radius 2 is 2.20 bits per heavy atom. The highest BCUT2D eigenvalue weighted by Crippen LogP contribution is 2.25. The largest absolute Gasteiger partial charge is 0.385 e. The van der Waals surface area contributed by atoms with Crippen LogP contribution in [-0.2, 0) is 0 Å². The molecule has 1 aliphatic carbocycles. The molecule has 1 aromatic heterocycles. The average Bonchev–Trinajstić information content (AvgIpc) is 2.97. The first-order chi connectivity index (χ1) is 9.70. The number of hydrogen-bond acceptors (Lipinski definition) is 3. The van der Waals surface area contributed by atoms with Gasteiger partial charge >= 0.3 is 0 Å². The number of nitrogens with zero attached hydrogens (tertiary/aromatic N) is 2. The summed E-state index contributed by atoms with van der Waals surface area (Å²) in [6.45, 7) is 3.89. The molecule has 4 nitrogen and oxygen atoms in total. The van der Waals surface area contributed by atoms with Gasteiger partial charge in [-0.15, -0.1) is 0 Å². The standard InChI is InChI=1S/C16H25N3O/c1-3-9-17-14-8-10-18-15(11-14)16(20)19(2)12-13-6-4-5-7-13/h8,10-11,13H,3-7,9,12H2,1-2H3,(H,17,18). The van der Waals surface area contributed by atoms with Gasteiger partial charge in [-0.25, -0.2) is 0 Å². The first-order valence-electron chi connectivity index (χ1n) is 7.66. The average molecular weight is 275 g/mol. The summed E-state index contributed by atoms with van der Waals surface area (Å²) in [6, 6.07) is 3.76. The van der Waals surface area contributed by atoms with Crippen molar-refractivity contribution < 1.29 is 4.79 Å². The van der Waals surface area contributed by atoms with Crippen molar-refractivity contribution in [3.05, 3.63) is 24.0 Å². The summed E-state index contributed by atoms with van der Waals surface area (Å²) in [6.07, 6.45) is 7.89. The van der Waals surface area contributed by atoms with Gasteiger partial charge in [0.1, 0.15) is 5.69 Å². The number of amides is 1. The fourth-order valence-corrected chi connectivity index (χ4v) is 2.79. The van der Waals surface area contributed by atoms with E-state index in [-0.39, 0.29) is 5.91 Å². The van der Waals surface area contributed by atoms with Crippen LogP contribution in [0.1, 0.15) is 49.5 Å². The van der Waals surface area contributed by atoms with Crippen LogP contribution < -0.4 is 5.32 Å². The summed E-state index contributed by atoms with van der Waals surface area (Å²) in [5, 5.41) is 3.29. The molecule has 1 fully saturated rings. The van der Waals surface area contributed by atoms with Crippen molar-refractivity contribution in [3.63, 3.8) is 0 Å². The Labute approximate surface area is 121 Å².